The van der Waals surface area contributed by atoms with Crippen molar-refractivity contribution in [1.29, 1.82) is 0 Å². The van der Waals surface area contributed by atoms with Gasteiger partial charge in [-0.25, -0.2) is 5.43 Å². The number of carbonyl (C=O) groups excluding carboxylic acids is 2. The van der Waals surface area contributed by atoms with Gasteiger partial charge in [0.25, 0.3) is 0 Å². The number of nitrogens with one attached hydrogen (secondary N) is 2. The van der Waals surface area contributed by atoms with E-state index in [1.54, 1.807) is 26.2 Å². The van der Waals surface area contributed by atoms with Crippen molar-refractivity contribution in [3.8, 4) is 5.75 Å². The first-order chi connectivity index (χ1) is 11.6. The molecule has 0 unspecified atom stereocenters. The number of amides is 2. The van der Waals surface area contributed by atoms with Crippen molar-refractivity contribution >= 4 is 34.5 Å². The molecule has 0 saturated heterocycles. The van der Waals surface area contributed by atoms with Crippen molar-refractivity contribution in [2.24, 2.45) is 5.10 Å². The van der Waals surface area contributed by atoms with Gasteiger partial charge in [0.2, 0.25) is 16.9 Å². The Labute approximate surface area is 142 Å². The van der Waals surface area contributed by atoms with Gasteiger partial charge in [0.15, 0.2) is 0 Å². The minimum atomic E-state index is -0.315. The summed E-state index contributed by atoms with van der Waals surface area (Å²) in [4.78, 5) is 23.0. The van der Waals surface area contributed by atoms with E-state index in [0.717, 1.165) is 22.6 Å². The topological polar surface area (TPSA) is 106 Å². The summed E-state index contributed by atoms with van der Waals surface area (Å²) in [5, 5.41) is 15.0. The first kappa shape index (κ1) is 17.5. The zero-order valence-corrected chi connectivity index (χ0v) is 14.1. The van der Waals surface area contributed by atoms with E-state index in [0.29, 0.717) is 16.6 Å². The lowest BCUT2D eigenvalue weighted by molar-refractivity contribution is -0.120. The molecule has 0 spiro atoms. The van der Waals surface area contributed by atoms with Gasteiger partial charge in [-0.05, 0) is 29.8 Å². The summed E-state index contributed by atoms with van der Waals surface area (Å²) in [6, 6.07) is 7.25. The maximum Gasteiger partial charge on any atom is 0.247 e. The van der Waals surface area contributed by atoms with Gasteiger partial charge in [0.1, 0.15) is 10.8 Å². The van der Waals surface area contributed by atoms with Gasteiger partial charge in [-0.15, -0.1) is 10.2 Å². The molecule has 2 amide bonds. The Morgan fingerprint density at radius 1 is 1.25 bits per heavy atom. The van der Waals surface area contributed by atoms with E-state index < -0.39 is 0 Å². The largest absolute Gasteiger partial charge is 0.497 e. The number of hydrogen-bond acceptors (Lipinski definition) is 7. The van der Waals surface area contributed by atoms with Gasteiger partial charge >= 0.3 is 0 Å². The number of methoxy groups -OCH3 is 1. The number of nitrogens with zero attached hydrogens (tertiary/aromatic N) is 3. The molecule has 2 rings (SSSR count). The second kappa shape index (κ2) is 8.73. The zero-order valence-electron chi connectivity index (χ0n) is 13.3. The highest BCUT2D eigenvalue weighted by Gasteiger charge is 2.10. The molecule has 0 bridgehead atoms. The summed E-state index contributed by atoms with van der Waals surface area (Å²) >= 11 is 1.16. The van der Waals surface area contributed by atoms with E-state index in [1.807, 2.05) is 12.1 Å². The van der Waals surface area contributed by atoms with E-state index in [4.69, 9.17) is 4.74 Å². The Balaban J connectivity index is 1.82. The van der Waals surface area contributed by atoms with Crippen LogP contribution in [0.3, 0.4) is 0 Å². The quantitative estimate of drug-likeness (QED) is 0.584. The first-order valence-electron chi connectivity index (χ1n) is 7.19. The highest BCUT2D eigenvalue weighted by Crippen LogP contribution is 2.15. The molecule has 9 heteroatoms. The summed E-state index contributed by atoms with van der Waals surface area (Å²) in [6.45, 7) is 1.74. The van der Waals surface area contributed by atoms with Crippen molar-refractivity contribution in [3.05, 3.63) is 34.8 Å². The first-order valence-corrected chi connectivity index (χ1v) is 8.00. The standard InChI is InChI=1S/C15H17N5O3S/c1-3-12(21)17-15-20-19-14(24-15)8-13(22)18-16-9-10-4-6-11(23-2)7-5-10/h4-7,9H,3,8H2,1-2H3,(H,18,22)(H,17,20,21)/b16-9-. The third-order valence-corrected chi connectivity index (χ3v) is 3.70. The van der Waals surface area contributed by atoms with Crippen LogP contribution in [0, 0.1) is 0 Å². The van der Waals surface area contributed by atoms with Gasteiger partial charge in [0.05, 0.1) is 19.7 Å². The van der Waals surface area contributed by atoms with E-state index in [9.17, 15) is 9.59 Å². The number of rotatable bonds is 7. The van der Waals surface area contributed by atoms with Crippen LogP contribution in [0.25, 0.3) is 0 Å². The van der Waals surface area contributed by atoms with Crippen LogP contribution in [0.5, 0.6) is 5.75 Å². The molecule has 8 nitrogen and oxygen atoms in total. The molecule has 0 aliphatic heterocycles. The van der Waals surface area contributed by atoms with Crippen LogP contribution in [-0.2, 0) is 16.0 Å². The molecule has 126 valence electrons. The van der Waals surface area contributed by atoms with Crippen LogP contribution >= 0.6 is 11.3 Å². The van der Waals surface area contributed by atoms with Crippen molar-refractivity contribution < 1.29 is 14.3 Å². The third kappa shape index (κ3) is 5.43. The predicted octanol–water partition coefficient (Wildman–Crippen LogP) is 1.59. The van der Waals surface area contributed by atoms with Crippen LogP contribution in [-0.4, -0.2) is 35.3 Å². The number of ether oxygens (including phenoxy) is 1. The molecule has 1 aromatic carbocycles. The fourth-order valence-electron chi connectivity index (χ4n) is 1.63. The normalized spacial score (nSPS) is 10.6. The smallest absolute Gasteiger partial charge is 0.247 e. The van der Waals surface area contributed by atoms with Gasteiger partial charge in [-0.1, -0.05) is 18.3 Å². The van der Waals surface area contributed by atoms with Crippen LogP contribution in [0.1, 0.15) is 23.9 Å². The molecule has 1 aromatic heterocycles. The summed E-state index contributed by atoms with van der Waals surface area (Å²) in [5.41, 5.74) is 3.25. The molecule has 0 aliphatic rings. The fourth-order valence-corrected chi connectivity index (χ4v) is 2.38. The molecule has 2 aromatic rings. The molecular formula is C15H17N5O3S. The molecule has 24 heavy (non-hydrogen) atoms. The average Bonchev–Trinajstić information content (AvgIpc) is 3.02. The molecule has 0 fully saturated rings. The van der Waals surface area contributed by atoms with Crippen LogP contribution in [0.2, 0.25) is 0 Å². The van der Waals surface area contributed by atoms with E-state index in [2.05, 4.69) is 26.0 Å². The lowest BCUT2D eigenvalue weighted by Crippen LogP contribution is -2.19. The highest BCUT2D eigenvalue weighted by molar-refractivity contribution is 7.15. The Hall–Kier alpha value is -2.81. The number of benzene rings is 1. The van der Waals surface area contributed by atoms with Crippen molar-refractivity contribution in [2.75, 3.05) is 12.4 Å². The fraction of sp³-hybridized carbons (Fsp3) is 0.267. The molecule has 0 radical (unpaired) electrons. The predicted molar refractivity (Wildman–Crippen MR) is 91.3 cm³/mol. The van der Waals surface area contributed by atoms with Crippen LogP contribution in [0.4, 0.5) is 5.13 Å². The third-order valence-electron chi connectivity index (χ3n) is 2.86. The second-order valence-electron chi connectivity index (χ2n) is 4.65. The number of hydrogen-bond donors (Lipinski definition) is 2. The molecule has 0 aliphatic carbocycles. The van der Waals surface area contributed by atoms with Crippen molar-refractivity contribution in [3.63, 3.8) is 0 Å². The molecular weight excluding hydrogens is 330 g/mol. The molecule has 0 atom stereocenters. The molecule has 0 saturated carbocycles. The minimum Gasteiger partial charge on any atom is -0.497 e. The second-order valence-corrected chi connectivity index (χ2v) is 5.71. The van der Waals surface area contributed by atoms with Crippen molar-refractivity contribution in [2.45, 2.75) is 19.8 Å². The zero-order chi connectivity index (χ0) is 17.4. The number of aromatic nitrogens is 2. The van der Waals surface area contributed by atoms with Crippen LogP contribution in [0.15, 0.2) is 29.4 Å². The van der Waals surface area contributed by atoms with E-state index in [-0.39, 0.29) is 18.2 Å². The van der Waals surface area contributed by atoms with Gasteiger partial charge in [-0.2, -0.15) is 5.10 Å². The van der Waals surface area contributed by atoms with Crippen molar-refractivity contribution in [1.82, 2.24) is 15.6 Å². The van der Waals surface area contributed by atoms with E-state index >= 15 is 0 Å². The Morgan fingerprint density at radius 3 is 2.67 bits per heavy atom. The number of anilines is 1. The Kier molecular flexibility index (Phi) is 6.38. The summed E-state index contributed by atoms with van der Waals surface area (Å²) < 4.78 is 5.06. The van der Waals surface area contributed by atoms with Crippen LogP contribution < -0.4 is 15.5 Å². The lowest BCUT2D eigenvalue weighted by Gasteiger charge is -1.99. The summed E-state index contributed by atoms with van der Waals surface area (Å²) in [5.74, 6) is 0.286. The lowest BCUT2D eigenvalue weighted by atomic mass is 10.2. The van der Waals surface area contributed by atoms with Gasteiger partial charge in [-0.3, -0.25) is 9.59 Å². The number of hydrazone groups is 1. The summed E-state index contributed by atoms with van der Waals surface area (Å²) in [6.07, 6.45) is 1.93. The Morgan fingerprint density at radius 2 is 2.00 bits per heavy atom. The Bertz CT molecular complexity index is 727. The van der Waals surface area contributed by atoms with Gasteiger partial charge in [0, 0.05) is 6.42 Å². The molecule has 2 N–H and O–H groups in total. The van der Waals surface area contributed by atoms with Gasteiger partial charge < -0.3 is 10.1 Å². The number of carbonyl (C=O) groups is 2. The molecule has 1 heterocycles. The summed E-state index contributed by atoms with van der Waals surface area (Å²) in [7, 11) is 1.59. The maximum absolute atomic E-state index is 11.8. The minimum absolute atomic E-state index is 0.0413. The SMILES string of the molecule is CCC(=O)Nc1nnc(CC(=O)N/N=C\c2ccc(OC)cc2)s1. The average molecular weight is 347 g/mol. The maximum atomic E-state index is 11.8. The van der Waals surface area contributed by atoms with E-state index in [1.165, 1.54) is 6.21 Å². The monoisotopic (exact) mass is 347 g/mol. The highest BCUT2D eigenvalue weighted by atomic mass is 32.1.